The van der Waals surface area contributed by atoms with E-state index >= 15 is 0 Å². The first-order chi connectivity index (χ1) is 13.7. The van der Waals surface area contributed by atoms with Crippen LogP contribution in [-0.2, 0) is 16.0 Å². The van der Waals surface area contributed by atoms with Crippen LogP contribution in [0.25, 0.3) is 5.65 Å². The van der Waals surface area contributed by atoms with Gasteiger partial charge in [-0.3, -0.25) is 9.59 Å². The summed E-state index contributed by atoms with van der Waals surface area (Å²) in [5, 5.41) is 9.94. The van der Waals surface area contributed by atoms with Crippen LogP contribution in [0.2, 0.25) is 0 Å². The summed E-state index contributed by atoms with van der Waals surface area (Å²) in [7, 11) is 0. The maximum atomic E-state index is 12.2. The highest BCUT2D eigenvalue weighted by Gasteiger charge is 2.13. The van der Waals surface area contributed by atoms with Gasteiger partial charge in [-0.1, -0.05) is 15.9 Å². The summed E-state index contributed by atoms with van der Waals surface area (Å²) in [6.07, 6.45) is 0.818. The summed E-state index contributed by atoms with van der Waals surface area (Å²) in [5.74, 6) is -0.436. The second-order valence-corrected chi connectivity index (χ2v) is 8.02. The number of carbonyl (C=O) groups is 2. The number of nitrogens with zero attached hydrogens (tertiary/aromatic N) is 3. The fourth-order valence-electron chi connectivity index (χ4n) is 3.27. The molecule has 2 amide bonds. The number of halogens is 1. The number of anilines is 1. The minimum atomic E-state index is -0.258. The molecule has 29 heavy (non-hydrogen) atoms. The van der Waals surface area contributed by atoms with Crippen LogP contribution in [-0.4, -0.2) is 33.0 Å². The van der Waals surface area contributed by atoms with E-state index < -0.39 is 0 Å². The van der Waals surface area contributed by atoms with E-state index in [9.17, 15) is 9.59 Å². The van der Waals surface area contributed by atoms with Gasteiger partial charge < -0.3 is 10.6 Å². The molecule has 0 aliphatic carbocycles. The van der Waals surface area contributed by atoms with Gasteiger partial charge in [0.05, 0.1) is 12.2 Å². The van der Waals surface area contributed by atoms with E-state index in [1.54, 1.807) is 0 Å². The lowest BCUT2D eigenvalue weighted by atomic mass is 10.1. The summed E-state index contributed by atoms with van der Waals surface area (Å²) in [5.41, 5.74) is 6.27. The number of aromatic nitrogens is 3. The van der Waals surface area contributed by atoms with Crippen LogP contribution >= 0.6 is 15.9 Å². The van der Waals surface area contributed by atoms with Gasteiger partial charge in [-0.05, 0) is 63.4 Å². The molecule has 0 atom stereocenters. The van der Waals surface area contributed by atoms with Crippen molar-refractivity contribution in [1.82, 2.24) is 19.9 Å². The predicted molar refractivity (Wildman–Crippen MR) is 116 cm³/mol. The Hall–Kier alpha value is -2.74. The monoisotopic (exact) mass is 457 g/mol. The van der Waals surface area contributed by atoms with Crippen molar-refractivity contribution in [3.8, 4) is 0 Å². The number of fused-ring (bicyclic) bond motifs is 1. The first-order valence-electron chi connectivity index (χ1n) is 9.39. The highest BCUT2D eigenvalue weighted by Crippen LogP contribution is 2.20. The van der Waals surface area contributed by atoms with E-state index in [2.05, 4.69) is 36.6 Å². The van der Waals surface area contributed by atoms with Gasteiger partial charge in [0.25, 0.3) is 0 Å². The SMILES string of the molecule is Cc1cc2nc(C)c(CCC(=O)NCC(=O)Nc3ccc(Br)cc3C)c(C)n2n1. The lowest BCUT2D eigenvalue weighted by Gasteiger charge is -2.12. The molecule has 3 rings (SSSR count). The summed E-state index contributed by atoms with van der Waals surface area (Å²) in [6, 6.07) is 7.54. The van der Waals surface area contributed by atoms with E-state index in [4.69, 9.17) is 0 Å². The molecule has 8 heteroatoms. The summed E-state index contributed by atoms with van der Waals surface area (Å²) >= 11 is 3.39. The summed E-state index contributed by atoms with van der Waals surface area (Å²) < 4.78 is 2.76. The molecule has 0 spiro atoms. The van der Waals surface area contributed by atoms with E-state index in [0.29, 0.717) is 6.42 Å². The Bertz CT molecular complexity index is 1090. The number of hydrogen-bond donors (Lipinski definition) is 2. The molecule has 0 radical (unpaired) electrons. The molecule has 0 unspecified atom stereocenters. The molecular weight excluding hydrogens is 434 g/mol. The minimum absolute atomic E-state index is 0.0675. The first kappa shape index (κ1) is 21.0. The lowest BCUT2D eigenvalue weighted by molar-refractivity contribution is -0.124. The Balaban J connectivity index is 1.55. The number of hydrogen-bond acceptors (Lipinski definition) is 4. The zero-order valence-corrected chi connectivity index (χ0v) is 18.6. The van der Waals surface area contributed by atoms with Gasteiger partial charge in [-0.2, -0.15) is 5.10 Å². The Morgan fingerprint density at radius 2 is 1.86 bits per heavy atom. The molecule has 0 aliphatic heterocycles. The number of benzene rings is 1. The Morgan fingerprint density at radius 3 is 2.59 bits per heavy atom. The molecule has 0 saturated carbocycles. The number of carbonyl (C=O) groups excluding carboxylic acids is 2. The van der Waals surface area contributed by atoms with E-state index in [-0.39, 0.29) is 24.8 Å². The number of nitrogens with one attached hydrogen (secondary N) is 2. The van der Waals surface area contributed by atoms with Crippen molar-refractivity contribution in [2.45, 2.75) is 40.5 Å². The van der Waals surface area contributed by atoms with Crippen molar-refractivity contribution in [3.05, 3.63) is 56.9 Å². The second kappa shape index (κ2) is 8.73. The second-order valence-electron chi connectivity index (χ2n) is 7.10. The van der Waals surface area contributed by atoms with Gasteiger partial charge >= 0.3 is 0 Å². The molecule has 2 N–H and O–H groups in total. The van der Waals surface area contributed by atoms with Crippen molar-refractivity contribution in [2.24, 2.45) is 0 Å². The third-order valence-corrected chi connectivity index (χ3v) is 5.29. The van der Waals surface area contributed by atoms with Crippen molar-refractivity contribution in [1.29, 1.82) is 0 Å². The summed E-state index contributed by atoms with van der Waals surface area (Å²) in [4.78, 5) is 28.9. The molecule has 2 aromatic heterocycles. The quantitative estimate of drug-likeness (QED) is 0.593. The van der Waals surface area contributed by atoms with Crippen LogP contribution in [0, 0.1) is 27.7 Å². The standard InChI is InChI=1S/C21H24BrN5O2/c1-12-9-16(22)5-7-18(12)25-21(29)11-23-20(28)8-6-17-14(3)24-19-10-13(2)26-27(19)15(17)4/h5,7,9-10H,6,8,11H2,1-4H3,(H,23,28)(H,25,29). The van der Waals surface area contributed by atoms with Crippen LogP contribution in [0.15, 0.2) is 28.7 Å². The molecule has 0 bridgehead atoms. The molecule has 2 heterocycles. The van der Waals surface area contributed by atoms with Crippen LogP contribution in [0.3, 0.4) is 0 Å². The Kier molecular flexibility index (Phi) is 6.32. The third-order valence-electron chi connectivity index (χ3n) is 4.80. The van der Waals surface area contributed by atoms with E-state index in [1.807, 2.05) is 56.5 Å². The Labute approximate surface area is 178 Å². The highest BCUT2D eigenvalue weighted by molar-refractivity contribution is 9.10. The molecule has 1 aromatic carbocycles. The zero-order chi connectivity index (χ0) is 21.1. The average Bonchev–Trinajstić information content (AvgIpc) is 3.02. The molecule has 3 aromatic rings. The van der Waals surface area contributed by atoms with Gasteiger partial charge in [0.15, 0.2) is 5.65 Å². The van der Waals surface area contributed by atoms with Gasteiger partial charge in [0, 0.05) is 34.0 Å². The van der Waals surface area contributed by atoms with Gasteiger partial charge in [0.2, 0.25) is 11.8 Å². The average molecular weight is 458 g/mol. The molecular formula is C21H24BrN5O2. The molecule has 152 valence electrons. The zero-order valence-electron chi connectivity index (χ0n) is 17.0. The van der Waals surface area contributed by atoms with Crippen LogP contribution in [0.4, 0.5) is 5.69 Å². The fraction of sp³-hybridized carbons (Fsp3) is 0.333. The first-order valence-corrected chi connectivity index (χ1v) is 10.2. The lowest BCUT2D eigenvalue weighted by Crippen LogP contribution is -2.33. The van der Waals surface area contributed by atoms with Crippen molar-refractivity contribution in [3.63, 3.8) is 0 Å². The maximum absolute atomic E-state index is 12.2. The number of amides is 2. The Morgan fingerprint density at radius 1 is 1.10 bits per heavy atom. The third kappa shape index (κ3) is 5.00. The van der Waals surface area contributed by atoms with Crippen molar-refractivity contribution < 1.29 is 9.59 Å². The van der Waals surface area contributed by atoms with Crippen LogP contribution < -0.4 is 10.6 Å². The van der Waals surface area contributed by atoms with Crippen LogP contribution in [0.5, 0.6) is 0 Å². The van der Waals surface area contributed by atoms with Gasteiger partial charge in [-0.15, -0.1) is 0 Å². The summed E-state index contributed by atoms with van der Waals surface area (Å²) in [6.45, 7) is 7.70. The number of aryl methyl sites for hydroxylation is 4. The normalized spacial score (nSPS) is 10.9. The molecule has 7 nitrogen and oxygen atoms in total. The minimum Gasteiger partial charge on any atom is -0.347 e. The van der Waals surface area contributed by atoms with E-state index in [1.165, 1.54) is 0 Å². The van der Waals surface area contributed by atoms with Crippen LogP contribution in [0.1, 0.15) is 34.6 Å². The van der Waals surface area contributed by atoms with Gasteiger partial charge in [-0.25, -0.2) is 9.50 Å². The fourth-order valence-corrected chi connectivity index (χ4v) is 3.75. The van der Waals surface area contributed by atoms with Crippen molar-refractivity contribution >= 4 is 39.1 Å². The molecule has 0 fully saturated rings. The topological polar surface area (TPSA) is 88.4 Å². The highest BCUT2D eigenvalue weighted by atomic mass is 79.9. The predicted octanol–water partition coefficient (Wildman–Crippen LogP) is 3.41. The number of rotatable bonds is 6. The molecule has 0 saturated heterocycles. The smallest absolute Gasteiger partial charge is 0.243 e. The van der Waals surface area contributed by atoms with Crippen molar-refractivity contribution in [2.75, 3.05) is 11.9 Å². The maximum Gasteiger partial charge on any atom is 0.243 e. The largest absolute Gasteiger partial charge is 0.347 e. The van der Waals surface area contributed by atoms with Gasteiger partial charge in [0.1, 0.15) is 0 Å². The van der Waals surface area contributed by atoms with E-state index in [0.717, 1.165) is 44.0 Å². The molecule has 0 aliphatic rings.